The maximum absolute atomic E-state index is 12.3. The van der Waals surface area contributed by atoms with Gasteiger partial charge in [-0.1, -0.05) is 12.1 Å². The van der Waals surface area contributed by atoms with E-state index in [2.05, 4.69) is 15.6 Å². The van der Waals surface area contributed by atoms with Crippen molar-refractivity contribution in [2.45, 2.75) is 43.6 Å². The number of hydrogen-bond acceptors (Lipinski definition) is 10. The van der Waals surface area contributed by atoms with Crippen LogP contribution in [-0.4, -0.2) is 70.4 Å². The molecule has 0 spiro atoms. The summed E-state index contributed by atoms with van der Waals surface area (Å²) in [5.74, 6) is 1.08. The summed E-state index contributed by atoms with van der Waals surface area (Å²) in [4.78, 5) is 14.2. The molecule has 4 unspecified atom stereocenters. The van der Waals surface area contributed by atoms with Gasteiger partial charge in [0.1, 0.15) is 10.8 Å². The molecule has 2 saturated carbocycles. The molecule has 3 aromatic rings. The molecule has 0 radical (unpaired) electrons. The van der Waals surface area contributed by atoms with Gasteiger partial charge in [0.05, 0.1) is 38.9 Å². The van der Waals surface area contributed by atoms with Crippen LogP contribution in [-0.2, 0) is 9.84 Å². The molecular formula is C23H29N5O4S2. The molecule has 4 N–H and O–H groups in total. The lowest BCUT2D eigenvalue weighted by Gasteiger charge is -2.22. The largest absolute Gasteiger partial charge is 0.396 e. The molecule has 2 aromatic heterocycles. The van der Waals surface area contributed by atoms with Crippen LogP contribution in [0.4, 0.5) is 11.8 Å². The SMILES string of the molecule is Cc1nc(NCC2CC2)nc(NC2CC(CO)C(S(C)(=O)=O)C2O)c1-c1nc2ccccc2s1. The number of para-hydroxylation sites is 1. The first-order valence-corrected chi connectivity index (χ1v) is 14.2. The maximum Gasteiger partial charge on any atom is 0.224 e. The number of sulfone groups is 1. The number of benzene rings is 1. The van der Waals surface area contributed by atoms with Gasteiger partial charge in [0.25, 0.3) is 0 Å². The molecule has 2 aliphatic carbocycles. The highest BCUT2D eigenvalue weighted by Crippen LogP contribution is 2.39. The molecule has 2 aliphatic rings. The molecule has 2 fully saturated rings. The van der Waals surface area contributed by atoms with E-state index in [4.69, 9.17) is 9.97 Å². The molecule has 34 heavy (non-hydrogen) atoms. The van der Waals surface area contributed by atoms with E-state index >= 15 is 0 Å². The first kappa shape index (κ1) is 23.4. The Kier molecular flexibility index (Phi) is 6.21. The molecule has 0 aliphatic heterocycles. The van der Waals surface area contributed by atoms with E-state index in [1.54, 1.807) is 0 Å². The van der Waals surface area contributed by atoms with Crippen LogP contribution in [0.25, 0.3) is 20.8 Å². The number of nitrogens with one attached hydrogen (secondary N) is 2. The number of fused-ring (bicyclic) bond motifs is 1. The summed E-state index contributed by atoms with van der Waals surface area (Å²) >= 11 is 1.53. The standard InChI is InChI=1S/C23H29N5O4S2/c1-12-18(22-27-15-5-3-4-6-17(15)33-22)21(28-23(25-12)24-10-13-7-8-13)26-16-9-14(11-29)20(19(16)30)34(2,31)32/h3-6,13-14,16,19-20,29-30H,7-11H2,1-2H3,(H2,24,25,26,28). The summed E-state index contributed by atoms with van der Waals surface area (Å²) < 4.78 is 25.7. The van der Waals surface area contributed by atoms with Crippen molar-refractivity contribution >= 4 is 43.2 Å². The Balaban J connectivity index is 1.53. The number of anilines is 2. The highest BCUT2D eigenvalue weighted by atomic mass is 32.2. The number of aliphatic hydroxyl groups excluding tert-OH is 2. The third-order valence-corrected chi connectivity index (χ3v) is 9.37. The second kappa shape index (κ2) is 9.03. The number of hydrogen-bond donors (Lipinski definition) is 4. The van der Waals surface area contributed by atoms with Gasteiger partial charge < -0.3 is 20.8 Å². The lowest BCUT2D eigenvalue weighted by molar-refractivity contribution is 0.160. The van der Waals surface area contributed by atoms with E-state index in [9.17, 15) is 18.6 Å². The first-order valence-electron chi connectivity index (χ1n) is 11.5. The van der Waals surface area contributed by atoms with Crippen molar-refractivity contribution in [3.63, 3.8) is 0 Å². The maximum atomic E-state index is 12.3. The molecule has 9 nitrogen and oxygen atoms in total. The number of thiazole rings is 1. The van der Waals surface area contributed by atoms with Crippen LogP contribution in [0.15, 0.2) is 24.3 Å². The number of nitrogens with zero attached hydrogens (tertiary/aromatic N) is 3. The van der Waals surface area contributed by atoms with Gasteiger partial charge in [0.2, 0.25) is 5.95 Å². The Morgan fingerprint density at radius 1 is 1.18 bits per heavy atom. The van der Waals surface area contributed by atoms with Crippen molar-refractivity contribution in [3.8, 4) is 10.6 Å². The summed E-state index contributed by atoms with van der Waals surface area (Å²) in [5, 5.41) is 27.0. The summed E-state index contributed by atoms with van der Waals surface area (Å²) in [6.45, 7) is 2.39. The highest BCUT2D eigenvalue weighted by molar-refractivity contribution is 7.91. The average molecular weight is 504 g/mol. The number of rotatable bonds is 8. The molecular weight excluding hydrogens is 474 g/mol. The molecule has 1 aromatic carbocycles. The number of aliphatic hydroxyl groups is 2. The zero-order valence-electron chi connectivity index (χ0n) is 19.1. The smallest absolute Gasteiger partial charge is 0.224 e. The van der Waals surface area contributed by atoms with E-state index in [-0.39, 0.29) is 6.61 Å². The minimum Gasteiger partial charge on any atom is -0.396 e. The molecule has 0 bridgehead atoms. The molecule has 2 heterocycles. The van der Waals surface area contributed by atoms with Crippen LogP contribution >= 0.6 is 11.3 Å². The van der Waals surface area contributed by atoms with Crippen molar-refractivity contribution in [1.29, 1.82) is 0 Å². The third kappa shape index (κ3) is 4.61. The Labute approximate surface area is 202 Å². The minimum absolute atomic E-state index is 0.308. The Bertz CT molecular complexity index is 1270. The Hall–Kier alpha value is -2.34. The van der Waals surface area contributed by atoms with Gasteiger partial charge >= 0.3 is 0 Å². The van der Waals surface area contributed by atoms with Gasteiger partial charge in [-0.05, 0) is 44.2 Å². The van der Waals surface area contributed by atoms with Gasteiger partial charge in [-0.2, -0.15) is 4.98 Å². The van der Waals surface area contributed by atoms with E-state index in [0.29, 0.717) is 24.1 Å². The highest BCUT2D eigenvalue weighted by Gasteiger charge is 2.48. The third-order valence-electron chi connectivity index (χ3n) is 6.66. The molecule has 0 amide bonds. The lowest BCUT2D eigenvalue weighted by atomic mass is 10.1. The second-order valence-corrected chi connectivity index (χ2v) is 12.6. The summed E-state index contributed by atoms with van der Waals surface area (Å²) in [7, 11) is -3.55. The van der Waals surface area contributed by atoms with Gasteiger partial charge in [-0.3, -0.25) is 0 Å². The van der Waals surface area contributed by atoms with Gasteiger partial charge in [0.15, 0.2) is 9.84 Å². The van der Waals surface area contributed by atoms with Crippen LogP contribution in [0.3, 0.4) is 0 Å². The average Bonchev–Trinajstić information content (AvgIpc) is 3.42. The first-order chi connectivity index (χ1) is 16.2. The molecule has 182 valence electrons. The van der Waals surface area contributed by atoms with E-state index < -0.39 is 33.2 Å². The molecule has 4 atom stereocenters. The van der Waals surface area contributed by atoms with Gasteiger partial charge in [-0.25, -0.2) is 18.4 Å². The summed E-state index contributed by atoms with van der Waals surface area (Å²) in [5.41, 5.74) is 2.34. The zero-order valence-corrected chi connectivity index (χ0v) is 20.7. The van der Waals surface area contributed by atoms with Crippen LogP contribution < -0.4 is 10.6 Å². The van der Waals surface area contributed by atoms with Gasteiger partial charge in [-0.15, -0.1) is 11.3 Å². The summed E-state index contributed by atoms with van der Waals surface area (Å²) in [6, 6.07) is 7.28. The normalized spacial score (nSPS) is 25.1. The van der Waals surface area contributed by atoms with Crippen LogP contribution in [0.2, 0.25) is 0 Å². The van der Waals surface area contributed by atoms with Crippen LogP contribution in [0.5, 0.6) is 0 Å². The minimum atomic E-state index is -3.55. The second-order valence-electron chi connectivity index (χ2n) is 9.38. The number of aromatic nitrogens is 3. The topological polar surface area (TPSA) is 137 Å². The fourth-order valence-corrected chi connectivity index (χ4v) is 7.41. The molecule has 5 rings (SSSR count). The van der Waals surface area contributed by atoms with E-state index in [0.717, 1.165) is 39.3 Å². The Morgan fingerprint density at radius 2 is 1.94 bits per heavy atom. The van der Waals surface area contributed by atoms with Crippen molar-refractivity contribution in [1.82, 2.24) is 15.0 Å². The van der Waals surface area contributed by atoms with Crippen LogP contribution in [0, 0.1) is 18.8 Å². The van der Waals surface area contributed by atoms with E-state index in [1.165, 1.54) is 24.2 Å². The van der Waals surface area contributed by atoms with Crippen molar-refractivity contribution in [3.05, 3.63) is 30.0 Å². The number of aryl methyl sites for hydroxylation is 1. The predicted molar refractivity (Wildman–Crippen MR) is 134 cm³/mol. The van der Waals surface area contributed by atoms with Crippen molar-refractivity contribution < 1.29 is 18.6 Å². The Morgan fingerprint density at radius 3 is 2.59 bits per heavy atom. The van der Waals surface area contributed by atoms with E-state index in [1.807, 2.05) is 31.2 Å². The van der Waals surface area contributed by atoms with Crippen LogP contribution in [0.1, 0.15) is 25.0 Å². The molecule has 11 heteroatoms. The zero-order chi connectivity index (χ0) is 24.0. The lowest BCUT2D eigenvalue weighted by Crippen LogP contribution is -2.40. The molecule has 0 saturated heterocycles. The van der Waals surface area contributed by atoms with Crippen molar-refractivity contribution in [2.75, 3.05) is 30.0 Å². The van der Waals surface area contributed by atoms with Crippen molar-refractivity contribution in [2.24, 2.45) is 11.8 Å². The fraction of sp³-hybridized carbons (Fsp3) is 0.522. The summed E-state index contributed by atoms with van der Waals surface area (Å²) in [6.07, 6.45) is 2.64. The predicted octanol–water partition coefficient (Wildman–Crippen LogP) is 2.45. The van der Waals surface area contributed by atoms with Gasteiger partial charge in [0, 0.05) is 25.3 Å². The fourth-order valence-electron chi connectivity index (χ4n) is 4.76. The monoisotopic (exact) mass is 503 g/mol. The quantitative estimate of drug-likeness (QED) is 0.365.